The van der Waals surface area contributed by atoms with E-state index in [-0.39, 0.29) is 5.92 Å². The SMILES string of the molecule is C1=CCC(c2ccc(-c3ccccc3)n2-c2ccc3c(-c4ccc5ccccc5c4)c4cc(-n5c(-c6ccccc6)ccc5-c5ccccc5)ccc4c(-c4cccc5ccccc45)c3c2)C=C1. The highest BCUT2D eigenvalue weighted by molar-refractivity contribution is 6.24. The molecule has 1 atom stereocenters. The number of rotatable bonds is 8. The molecular weight excluding hydrogens is 821 g/mol. The molecule has 0 bridgehead atoms. The first kappa shape index (κ1) is 39.6. The Hall–Kier alpha value is -8.72. The molecule has 1 aliphatic rings. The van der Waals surface area contributed by atoms with Crippen molar-refractivity contribution in [3.8, 4) is 67.4 Å². The van der Waals surface area contributed by atoms with Crippen molar-refractivity contribution in [1.82, 2.24) is 9.13 Å². The van der Waals surface area contributed by atoms with Crippen molar-refractivity contribution in [1.29, 1.82) is 0 Å². The van der Waals surface area contributed by atoms with E-state index in [0.717, 1.165) is 29.2 Å². The van der Waals surface area contributed by atoms with Gasteiger partial charge in [-0.3, -0.25) is 0 Å². The first-order valence-corrected chi connectivity index (χ1v) is 23.7. The van der Waals surface area contributed by atoms with Gasteiger partial charge >= 0.3 is 0 Å². The summed E-state index contributed by atoms with van der Waals surface area (Å²) in [6, 6.07) is 87.4. The van der Waals surface area contributed by atoms with Crippen LogP contribution in [0, 0.1) is 0 Å². The Morgan fingerprint density at radius 2 is 0.868 bits per heavy atom. The number of allylic oxidation sites excluding steroid dienone is 4. The molecule has 13 rings (SSSR count). The number of hydrogen-bond donors (Lipinski definition) is 0. The van der Waals surface area contributed by atoms with Gasteiger partial charge in [0.2, 0.25) is 0 Å². The highest BCUT2D eigenvalue weighted by Crippen LogP contribution is 2.48. The lowest BCUT2D eigenvalue weighted by molar-refractivity contribution is 0.786. The zero-order valence-corrected chi connectivity index (χ0v) is 37.5. The highest BCUT2D eigenvalue weighted by atomic mass is 15.0. The fraction of sp³-hybridized carbons (Fsp3) is 0.0303. The number of hydrogen-bond acceptors (Lipinski definition) is 0. The van der Waals surface area contributed by atoms with E-state index in [1.165, 1.54) is 93.4 Å². The predicted molar refractivity (Wildman–Crippen MR) is 288 cm³/mol. The van der Waals surface area contributed by atoms with Crippen LogP contribution in [-0.2, 0) is 0 Å². The minimum absolute atomic E-state index is 0.254. The van der Waals surface area contributed by atoms with Crippen molar-refractivity contribution in [3.05, 3.63) is 267 Å². The second kappa shape index (κ2) is 16.6. The molecule has 12 aromatic rings. The molecular formula is C66H46N2. The van der Waals surface area contributed by atoms with Gasteiger partial charge in [0.15, 0.2) is 0 Å². The Bertz CT molecular complexity index is 3860. The fourth-order valence-corrected chi connectivity index (χ4v) is 10.9. The van der Waals surface area contributed by atoms with Crippen molar-refractivity contribution in [2.45, 2.75) is 12.3 Å². The monoisotopic (exact) mass is 866 g/mol. The van der Waals surface area contributed by atoms with E-state index in [1.807, 2.05) is 0 Å². The maximum atomic E-state index is 2.51. The number of aromatic nitrogens is 2. The lowest BCUT2D eigenvalue weighted by Crippen LogP contribution is -2.07. The highest BCUT2D eigenvalue weighted by Gasteiger charge is 2.24. The van der Waals surface area contributed by atoms with Crippen LogP contribution in [-0.4, -0.2) is 9.13 Å². The first-order chi connectivity index (χ1) is 33.7. The molecule has 0 radical (unpaired) electrons. The summed E-state index contributed by atoms with van der Waals surface area (Å²) < 4.78 is 4.97. The maximum absolute atomic E-state index is 2.51. The minimum atomic E-state index is 0.254. The summed E-state index contributed by atoms with van der Waals surface area (Å²) in [6.45, 7) is 0. The van der Waals surface area contributed by atoms with Gasteiger partial charge in [-0.15, -0.1) is 0 Å². The molecule has 0 N–H and O–H groups in total. The predicted octanol–water partition coefficient (Wildman–Crippen LogP) is 17.8. The molecule has 2 nitrogen and oxygen atoms in total. The van der Waals surface area contributed by atoms with Gasteiger partial charge in [-0.25, -0.2) is 0 Å². The maximum Gasteiger partial charge on any atom is 0.0535 e. The number of benzene rings is 10. The summed E-state index contributed by atoms with van der Waals surface area (Å²) in [6.07, 6.45) is 9.97. The van der Waals surface area contributed by atoms with Crippen molar-refractivity contribution in [2.75, 3.05) is 0 Å². The summed E-state index contributed by atoms with van der Waals surface area (Å²) in [4.78, 5) is 0. The molecule has 0 fully saturated rings. The molecule has 2 heteroatoms. The Kier molecular flexibility index (Phi) is 9.68. The van der Waals surface area contributed by atoms with E-state index in [1.54, 1.807) is 0 Å². The lowest BCUT2D eigenvalue weighted by atomic mass is 9.84. The van der Waals surface area contributed by atoms with E-state index >= 15 is 0 Å². The Morgan fingerprint density at radius 1 is 0.324 bits per heavy atom. The van der Waals surface area contributed by atoms with Crippen molar-refractivity contribution >= 4 is 43.1 Å². The molecule has 68 heavy (non-hydrogen) atoms. The Balaban J connectivity index is 1.16. The molecule has 0 aliphatic heterocycles. The van der Waals surface area contributed by atoms with Crippen LogP contribution in [0.1, 0.15) is 18.0 Å². The van der Waals surface area contributed by atoms with Crippen LogP contribution in [0.15, 0.2) is 261 Å². The third-order valence-electron chi connectivity index (χ3n) is 14.1. The van der Waals surface area contributed by atoms with Crippen LogP contribution < -0.4 is 0 Å². The number of fused-ring (bicyclic) bond motifs is 4. The van der Waals surface area contributed by atoms with Crippen molar-refractivity contribution < 1.29 is 0 Å². The van der Waals surface area contributed by atoms with Crippen LogP contribution in [0.2, 0.25) is 0 Å². The second-order valence-corrected chi connectivity index (χ2v) is 18.0. The summed E-state index contributed by atoms with van der Waals surface area (Å²) in [5, 5.41) is 9.76. The summed E-state index contributed by atoms with van der Waals surface area (Å²) in [5.41, 5.74) is 15.4. The van der Waals surface area contributed by atoms with Gasteiger partial charge in [-0.2, -0.15) is 0 Å². The van der Waals surface area contributed by atoms with Gasteiger partial charge < -0.3 is 9.13 Å². The van der Waals surface area contributed by atoms with Crippen LogP contribution in [0.4, 0.5) is 0 Å². The average molecular weight is 867 g/mol. The quantitative estimate of drug-likeness (QED) is 0.135. The van der Waals surface area contributed by atoms with Gasteiger partial charge in [0, 0.05) is 23.0 Å². The second-order valence-electron chi connectivity index (χ2n) is 18.0. The molecule has 2 heterocycles. The molecule has 0 spiro atoms. The first-order valence-electron chi connectivity index (χ1n) is 23.7. The van der Waals surface area contributed by atoms with E-state index in [2.05, 4.69) is 270 Å². The van der Waals surface area contributed by atoms with Gasteiger partial charge in [0.05, 0.1) is 17.1 Å². The van der Waals surface area contributed by atoms with Crippen LogP contribution in [0.5, 0.6) is 0 Å². The Morgan fingerprint density at radius 3 is 1.53 bits per heavy atom. The number of nitrogens with zero attached hydrogens (tertiary/aromatic N) is 2. The van der Waals surface area contributed by atoms with Gasteiger partial charge in [0.1, 0.15) is 0 Å². The van der Waals surface area contributed by atoms with E-state index in [9.17, 15) is 0 Å². The zero-order valence-electron chi connectivity index (χ0n) is 37.5. The van der Waals surface area contributed by atoms with Gasteiger partial charge in [-0.05, 0) is 143 Å². The summed E-state index contributed by atoms with van der Waals surface area (Å²) in [7, 11) is 0. The molecule has 320 valence electrons. The van der Waals surface area contributed by atoms with E-state index in [4.69, 9.17) is 0 Å². The smallest absolute Gasteiger partial charge is 0.0535 e. The van der Waals surface area contributed by atoms with Gasteiger partial charge in [0.25, 0.3) is 0 Å². The van der Waals surface area contributed by atoms with Crippen LogP contribution in [0.25, 0.3) is 110 Å². The van der Waals surface area contributed by atoms with Gasteiger partial charge in [-0.1, -0.05) is 206 Å². The van der Waals surface area contributed by atoms with Crippen LogP contribution in [0.3, 0.4) is 0 Å². The van der Waals surface area contributed by atoms with E-state index in [0.29, 0.717) is 0 Å². The van der Waals surface area contributed by atoms with E-state index < -0.39 is 0 Å². The molecule has 2 aromatic heterocycles. The molecule has 0 amide bonds. The lowest BCUT2D eigenvalue weighted by Gasteiger charge is -2.23. The minimum Gasteiger partial charge on any atom is -0.313 e. The largest absolute Gasteiger partial charge is 0.313 e. The van der Waals surface area contributed by atoms with Crippen LogP contribution >= 0.6 is 0 Å². The summed E-state index contributed by atoms with van der Waals surface area (Å²) in [5.74, 6) is 0.254. The summed E-state index contributed by atoms with van der Waals surface area (Å²) >= 11 is 0. The molecule has 0 saturated carbocycles. The standard InChI is InChI=1S/C66H46N2/c1-5-20-47(21-6-1)61-38-39-62(48-22-7-2-8-23-48)67(61)53-35-37-58-59(43-53)65(52-33-32-45-18-13-14-28-51(45)42-52)57-36-34-54(44-60(57)66(58)56-31-17-29-46-19-15-16-30-55(46)56)68-63(49-24-9-3-10-25-49)40-41-64(68)50-26-11-4-12-27-50/h1-26,28-44,50H,27H2. The fourth-order valence-electron chi connectivity index (χ4n) is 10.9. The molecule has 1 aliphatic carbocycles. The Labute approximate surface area is 396 Å². The van der Waals surface area contributed by atoms with Crippen molar-refractivity contribution in [3.63, 3.8) is 0 Å². The zero-order chi connectivity index (χ0) is 45.0. The molecule has 0 saturated heterocycles. The third kappa shape index (κ3) is 6.72. The normalized spacial score (nSPS) is 13.6. The molecule has 1 unspecified atom stereocenters. The van der Waals surface area contributed by atoms with Crippen molar-refractivity contribution in [2.24, 2.45) is 0 Å². The molecule has 10 aromatic carbocycles. The average Bonchev–Trinajstić information content (AvgIpc) is 4.07. The third-order valence-corrected chi connectivity index (χ3v) is 14.1. The topological polar surface area (TPSA) is 9.86 Å².